The first-order valence-electron chi connectivity index (χ1n) is 4.53. The van der Waals surface area contributed by atoms with Crippen LogP contribution in [-0.2, 0) is 0 Å². The highest BCUT2D eigenvalue weighted by molar-refractivity contribution is 6.33. The Bertz CT molecular complexity index is 548. The molecule has 5 heteroatoms. The average molecular weight is 231 g/mol. The van der Waals surface area contributed by atoms with E-state index >= 15 is 0 Å². The Morgan fingerprint density at radius 3 is 2.81 bits per heavy atom. The molecule has 1 aromatic carbocycles. The molecule has 4 nitrogen and oxygen atoms in total. The second-order valence-electron chi connectivity index (χ2n) is 3.01. The summed E-state index contributed by atoms with van der Waals surface area (Å²) in [4.78, 5) is 7.77. The quantitative estimate of drug-likeness (QED) is 0.862. The Morgan fingerprint density at radius 2 is 2.06 bits per heavy atom. The van der Waals surface area contributed by atoms with Crippen LogP contribution in [0, 0.1) is 11.3 Å². The number of nitrogens with one attached hydrogen (secondary N) is 1. The van der Waals surface area contributed by atoms with Crippen molar-refractivity contribution in [2.75, 3.05) is 5.32 Å². The van der Waals surface area contributed by atoms with Crippen molar-refractivity contribution in [2.24, 2.45) is 0 Å². The molecule has 1 N–H and O–H groups in total. The second kappa shape index (κ2) is 4.60. The number of para-hydroxylation sites is 1. The summed E-state index contributed by atoms with van der Waals surface area (Å²) in [7, 11) is 0. The van der Waals surface area contributed by atoms with Gasteiger partial charge in [-0.15, -0.1) is 0 Å². The number of benzene rings is 1. The zero-order chi connectivity index (χ0) is 11.4. The lowest BCUT2D eigenvalue weighted by Crippen LogP contribution is -1.95. The van der Waals surface area contributed by atoms with Crippen LogP contribution in [0.15, 0.2) is 36.7 Å². The molecular weight excluding hydrogens is 224 g/mol. The summed E-state index contributed by atoms with van der Waals surface area (Å²) in [6, 6.07) is 10.8. The first-order valence-corrected chi connectivity index (χ1v) is 4.91. The van der Waals surface area contributed by atoms with Crippen molar-refractivity contribution in [2.45, 2.75) is 0 Å². The standard InChI is InChI=1S/C11H7ClN4/c12-9-3-1-2-4-10(9)16-11-5-8(6-13)14-7-15-11/h1-5,7H,(H,14,15,16). The van der Waals surface area contributed by atoms with Crippen molar-refractivity contribution in [3.63, 3.8) is 0 Å². The lowest BCUT2D eigenvalue weighted by molar-refractivity contribution is 1.14. The van der Waals surface area contributed by atoms with Gasteiger partial charge in [0.2, 0.25) is 0 Å². The van der Waals surface area contributed by atoms with Gasteiger partial charge in [0.25, 0.3) is 0 Å². The predicted molar refractivity (Wildman–Crippen MR) is 61.5 cm³/mol. The maximum absolute atomic E-state index is 8.69. The summed E-state index contributed by atoms with van der Waals surface area (Å²) in [6.07, 6.45) is 1.33. The molecular formula is C11H7ClN4. The van der Waals surface area contributed by atoms with Gasteiger partial charge in [-0.1, -0.05) is 23.7 Å². The lowest BCUT2D eigenvalue weighted by atomic mass is 10.3. The van der Waals surface area contributed by atoms with E-state index in [9.17, 15) is 0 Å². The molecule has 0 bridgehead atoms. The molecule has 0 fully saturated rings. The average Bonchev–Trinajstić information content (AvgIpc) is 2.32. The van der Waals surface area contributed by atoms with Crippen LogP contribution in [-0.4, -0.2) is 9.97 Å². The summed E-state index contributed by atoms with van der Waals surface area (Å²) < 4.78 is 0. The van der Waals surface area contributed by atoms with E-state index in [2.05, 4.69) is 15.3 Å². The fraction of sp³-hybridized carbons (Fsp3) is 0. The Labute approximate surface area is 97.5 Å². The van der Waals surface area contributed by atoms with Gasteiger partial charge in [-0.05, 0) is 12.1 Å². The minimum Gasteiger partial charge on any atom is -0.339 e. The highest BCUT2D eigenvalue weighted by Crippen LogP contribution is 2.23. The normalized spacial score (nSPS) is 9.50. The minimum absolute atomic E-state index is 0.310. The molecule has 0 saturated carbocycles. The summed E-state index contributed by atoms with van der Waals surface area (Å²) in [5.74, 6) is 0.541. The summed E-state index contributed by atoms with van der Waals surface area (Å²) in [5.41, 5.74) is 1.05. The van der Waals surface area contributed by atoms with Gasteiger partial charge in [0, 0.05) is 6.07 Å². The van der Waals surface area contributed by atoms with Gasteiger partial charge in [0.05, 0.1) is 10.7 Å². The van der Waals surface area contributed by atoms with E-state index in [0.29, 0.717) is 16.5 Å². The number of anilines is 2. The zero-order valence-corrected chi connectivity index (χ0v) is 8.94. The van der Waals surface area contributed by atoms with Crippen LogP contribution in [0.25, 0.3) is 0 Å². The highest BCUT2D eigenvalue weighted by Gasteiger charge is 2.01. The smallest absolute Gasteiger partial charge is 0.145 e. The molecule has 0 atom stereocenters. The largest absolute Gasteiger partial charge is 0.339 e. The van der Waals surface area contributed by atoms with E-state index in [0.717, 1.165) is 5.69 Å². The molecule has 0 radical (unpaired) electrons. The summed E-state index contributed by atoms with van der Waals surface area (Å²) in [5, 5.41) is 12.3. The predicted octanol–water partition coefficient (Wildman–Crippen LogP) is 2.75. The fourth-order valence-corrected chi connectivity index (χ4v) is 1.37. The van der Waals surface area contributed by atoms with E-state index in [1.165, 1.54) is 6.33 Å². The van der Waals surface area contributed by atoms with Gasteiger partial charge in [-0.3, -0.25) is 0 Å². The number of nitrogens with zero attached hydrogens (tertiary/aromatic N) is 3. The molecule has 0 aliphatic heterocycles. The first-order chi connectivity index (χ1) is 7.79. The molecule has 0 amide bonds. The number of halogens is 1. The number of hydrogen-bond acceptors (Lipinski definition) is 4. The van der Waals surface area contributed by atoms with Crippen LogP contribution in [0.1, 0.15) is 5.69 Å². The van der Waals surface area contributed by atoms with Crippen LogP contribution in [0.3, 0.4) is 0 Å². The van der Waals surface area contributed by atoms with Crippen molar-refractivity contribution < 1.29 is 0 Å². The number of nitriles is 1. The minimum atomic E-state index is 0.310. The van der Waals surface area contributed by atoms with E-state index in [-0.39, 0.29) is 0 Å². The molecule has 2 aromatic rings. The molecule has 0 spiro atoms. The first kappa shape index (κ1) is 10.4. The summed E-state index contributed by atoms with van der Waals surface area (Å²) in [6.45, 7) is 0. The van der Waals surface area contributed by atoms with E-state index in [1.807, 2.05) is 24.3 Å². The Hall–Kier alpha value is -2.12. The van der Waals surface area contributed by atoms with Gasteiger partial charge >= 0.3 is 0 Å². The van der Waals surface area contributed by atoms with E-state index in [4.69, 9.17) is 16.9 Å². The van der Waals surface area contributed by atoms with Crippen molar-refractivity contribution in [3.8, 4) is 6.07 Å². The summed E-state index contributed by atoms with van der Waals surface area (Å²) >= 11 is 5.98. The van der Waals surface area contributed by atoms with Crippen molar-refractivity contribution in [1.82, 2.24) is 9.97 Å². The number of rotatable bonds is 2. The van der Waals surface area contributed by atoms with Gasteiger partial charge < -0.3 is 5.32 Å². The molecule has 0 aliphatic rings. The topological polar surface area (TPSA) is 61.6 Å². The number of aromatic nitrogens is 2. The molecule has 16 heavy (non-hydrogen) atoms. The van der Waals surface area contributed by atoms with Gasteiger partial charge in [-0.2, -0.15) is 5.26 Å². The Kier molecular flexibility index (Phi) is 2.99. The maximum Gasteiger partial charge on any atom is 0.145 e. The third kappa shape index (κ3) is 2.27. The molecule has 0 saturated heterocycles. The van der Waals surface area contributed by atoms with Crippen molar-refractivity contribution >= 4 is 23.1 Å². The third-order valence-electron chi connectivity index (χ3n) is 1.92. The van der Waals surface area contributed by atoms with E-state index < -0.39 is 0 Å². The van der Waals surface area contributed by atoms with Crippen molar-refractivity contribution in [3.05, 3.63) is 47.4 Å². The Balaban J connectivity index is 2.28. The van der Waals surface area contributed by atoms with Crippen LogP contribution in [0.2, 0.25) is 5.02 Å². The lowest BCUT2D eigenvalue weighted by Gasteiger charge is -2.06. The van der Waals surface area contributed by atoms with Crippen molar-refractivity contribution in [1.29, 1.82) is 5.26 Å². The van der Waals surface area contributed by atoms with Crippen LogP contribution in [0.5, 0.6) is 0 Å². The number of hydrogen-bond donors (Lipinski definition) is 1. The SMILES string of the molecule is N#Cc1cc(Nc2ccccc2Cl)ncn1. The molecule has 1 heterocycles. The molecule has 2 rings (SSSR count). The monoisotopic (exact) mass is 230 g/mol. The fourth-order valence-electron chi connectivity index (χ4n) is 1.19. The van der Waals surface area contributed by atoms with Crippen LogP contribution < -0.4 is 5.32 Å². The van der Waals surface area contributed by atoms with Gasteiger partial charge in [-0.25, -0.2) is 9.97 Å². The van der Waals surface area contributed by atoms with Gasteiger partial charge in [0.1, 0.15) is 23.9 Å². The van der Waals surface area contributed by atoms with E-state index in [1.54, 1.807) is 12.1 Å². The maximum atomic E-state index is 8.69. The molecule has 1 aromatic heterocycles. The molecule has 78 valence electrons. The second-order valence-corrected chi connectivity index (χ2v) is 3.41. The Morgan fingerprint density at radius 1 is 1.25 bits per heavy atom. The third-order valence-corrected chi connectivity index (χ3v) is 2.25. The van der Waals surface area contributed by atoms with Crippen LogP contribution >= 0.6 is 11.6 Å². The molecule has 0 aliphatic carbocycles. The highest BCUT2D eigenvalue weighted by atomic mass is 35.5. The van der Waals surface area contributed by atoms with Crippen LogP contribution in [0.4, 0.5) is 11.5 Å². The van der Waals surface area contributed by atoms with Gasteiger partial charge in [0.15, 0.2) is 0 Å². The zero-order valence-electron chi connectivity index (χ0n) is 8.18. The molecule has 0 unspecified atom stereocenters.